The van der Waals surface area contributed by atoms with Crippen LogP contribution >= 0.6 is 11.8 Å². The molecule has 0 saturated carbocycles. The summed E-state index contributed by atoms with van der Waals surface area (Å²) >= 11 is 1.03. The number of thioether (sulfide) groups is 1. The van der Waals surface area contributed by atoms with Gasteiger partial charge in [-0.25, -0.2) is 9.78 Å². The highest BCUT2D eigenvalue weighted by atomic mass is 32.2. The molecule has 0 saturated heterocycles. The van der Waals surface area contributed by atoms with Gasteiger partial charge in [-0.2, -0.15) is 4.98 Å². The fourth-order valence-electron chi connectivity index (χ4n) is 2.15. The first-order valence-corrected chi connectivity index (χ1v) is 8.45. The van der Waals surface area contributed by atoms with Crippen molar-refractivity contribution in [3.63, 3.8) is 0 Å². The zero-order chi connectivity index (χ0) is 18.7. The second-order valence-corrected chi connectivity index (χ2v) is 6.30. The minimum absolute atomic E-state index is 0.00157. The number of nitro groups is 1. The number of pyridine rings is 1. The highest BCUT2D eigenvalue weighted by Crippen LogP contribution is 2.17. The van der Waals surface area contributed by atoms with Crippen molar-refractivity contribution in [1.82, 2.24) is 14.4 Å². The van der Waals surface area contributed by atoms with Crippen LogP contribution in [0.2, 0.25) is 0 Å². The summed E-state index contributed by atoms with van der Waals surface area (Å²) in [5.41, 5.74) is 1.33. The molecule has 3 aromatic rings. The van der Waals surface area contributed by atoms with E-state index < -0.39 is 10.6 Å². The first-order chi connectivity index (χ1) is 12.4. The van der Waals surface area contributed by atoms with Gasteiger partial charge in [0.05, 0.1) is 10.7 Å². The molecule has 1 amide bonds. The summed E-state index contributed by atoms with van der Waals surface area (Å²) in [5, 5.41) is 13.4. The Morgan fingerprint density at radius 1 is 1.27 bits per heavy atom. The van der Waals surface area contributed by atoms with Gasteiger partial charge < -0.3 is 5.32 Å². The molecule has 0 unspecified atom stereocenters. The minimum Gasteiger partial charge on any atom is -0.325 e. The van der Waals surface area contributed by atoms with Gasteiger partial charge in [0.25, 0.3) is 5.69 Å². The Bertz CT molecular complexity index is 1050. The summed E-state index contributed by atoms with van der Waals surface area (Å²) in [6.45, 7) is 1.89. The van der Waals surface area contributed by atoms with Crippen molar-refractivity contribution >= 4 is 34.7 Å². The van der Waals surface area contributed by atoms with Gasteiger partial charge in [0.1, 0.15) is 5.65 Å². The molecule has 0 spiro atoms. The number of carbonyl (C=O) groups is 1. The number of anilines is 1. The summed E-state index contributed by atoms with van der Waals surface area (Å²) < 4.78 is 1.33. The minimum atomic E-state index is -0.515. The molecule has 0 atom stereocenters. The van der Waals surface area contributed by atoms with Gasteiger partial charge in [-0.1, -0.05) is 11.8 Å². The maximum Gasteiger partial charge on any atom is 0.355 e. The molecule has 0 fully saturated rings. The number of hydrogen-bond acceptors (Lipinski definition) is 7. The molecule has 2 aromatic heterocycles. The van der Waals surface area contributed by atoms with Crippen LogP contribution in [0.4, 0.5) is 11.4 Å². The third kappa shape index (κ3) is 4.03. The second-order valence-electron chi connectivity index (χ2n) is 5.36. The zero-order valence-electron chi connectivity index (χ0n) is 13.6. The van der Waals surface area contributed by atoms with Crippen molar-refractivity contribution in [3.8, 4) is 0 Å². The first kappa shape index (κ1) is 17.5. The van der Waals surface area contributed by atoms with Gasteiger partial charge in [0.15, 0.2) is 5.16 Å². The quantitative estimate of drug-likeness (QED) is 0.414. The maximum absolute atomic E-state index is 12.0. The molecule has 0 radical (unpaired) electrons. The number of fused-ring (bicyclic) bond motifs is 1. The van der Waals surface area contributed by atoms with E-state index in [-0.39, 0.29) is 22.5 Å². The largest absolute Gasteiger partial charge is 0.355 e. The fourth-order valence-corrected chi connectivity index (χ4v) is 2.79. The van der Waals surface area contributed by atoms with E-state index in [0.29, 0.717) is 11.3 Å². The number of carbonyl (C=O) groups excluding carboxylic acids is 1. The predicted molar refractivity (Wildman–Crippen MR) is 96.4 cm³/mol. The molecule has 0 aliphatic carbocycles. The molecule has 1 N–H and O–H groups in total. The number of aryl methyl sites for hydroxylation is 1. The zero-order valence-corrected chi connectivity index (χ0v) is 14.4. The Kier molecular flexibility index (Phi) is 4.94. The van der Waals surface area contributed by atoms with E-state index in [4.69, 9.17) is 0 Å². The molecule has 10 heteroatoms. The lowest BCUT2D eigenvalue weighted by Crippen LogP contribution is -2.20. The number of nitro benzene ring substituents is 1. The summed E-state index contributed by atoms with van der Waals surface area (Å²) in [6, 6.07) is 9.04. The third-order valence-electron chi connectivity index (χ3n) is 3.39. The van der Waals surface area contributed by atoms with Crippen molar-refractivity contribution in [2.75, 3.05) is 11.1 Å². The van der Waals surface area contributed by atoms with Gasteiger partial charge in [-0.15, -0.1) is 0 Å². The van der Waals surface area contributed by atoms with Crippen LogP contribution in [0, 0.1) is 17.0 Å². The molecule has 26 heavy (non-hydrogen) atoms. The standard InChI is InChI=1S/C16H13N5O4S/c1-10-6-7-20-13(8-10)18-15(19-16(20)23)26-9-14(22)17-11-2-4-12(5-3-11)21(24)25/h2-8H,9H2,1H3,(H,17,22). The van der Waals surface area contributed by atoms with E-state index in [9.17, 15) is 19.7 Å². The normalized spacial score (nSPS) is 10.7. The molecule has 2 heterocycles. The van der Waals surface area contributed by atoms with Gasteiger partial charge in [0.2, 0.25) is 5.91 Å². The number of nitrogens with zero attached hydrogens (tertiary/aromatic N) is 4. The van der Waals surface area contributed by atoms with Crippen LogP contribution in [0.25, 0.3) is 5.65 Å². The smallest absolute Gasteiger partial charge is 0.325 e. The monoisotopic (exact) mass is 371 g/mol. The molecule has 1 aromatic carbocycles. The number of amides is 1. The molecule has 132 valence electrons. The maximum atomic E-state index is 12.0. The van der Waals surface area contributed by atoms with Crippen LogP contribution in [-0.4, -0.2) is 31.0 Å². The van der Waals surface area contributed by atoms with E-state index in [1.165, 1.54) is 28.7 Å². The Labute approximate surface area is 151 Å². The highest BCUT2D eigenvalue weighted by Gasteiger charge is 2.10. The lowest BCUT2D eigenvalue weighted by molar-refractivity contribution is -0.384. The van der Waals surface area contributed by atoms with Crippen molar-refractivity contribution in [2.45, 2.75) is 12.1 Å². The lowest BCUT2D eigenvalue weighted by Gasteiger charge is -2.05. The average Bonchev–Trinajstić information content (AvgIpc) is 2.60. The summed E-state index contributed by atoms with van der Waals surface area (Å²) in [5.74, 6) is -0.338. The molecular formula is C16H13N5O4S. The number of non-ortho nitro benzene ring substituents is 1. The van der Waals surface area contributed by atoms with E-state index in [1.807, 2.05) is 6.92 Å². The molecular weight excluding hydrogens is 358 g/mol. The Hall–Kier alpha value is -3.27. The van der Waals surface area contributed by atoms with Gasteiger partial charge in [-0.05, 0) is 36.8 Å². The molecule has 9 nitrogen and oxygen atoms in total. The van der Waals surface area contributed by atoms with Gasteiger partial charge >= 0.3 is 5.69 Å². The lowest BCUT2D eigenvalue weighted by atomic mass is 10.3. The summed E-state index contributed by atoms with van der Waals surface area (Å²) in [7, 11) is 0. The Morgan fingerprint density at radius 2 is 2.00 bits per heavy atom. The SMILES string of the molecule is Cc1ccn2c(=O)nc(SCC(=O)Nc3ccc([N+](=O)[O-])cc3)nc2c1. The average molecular weight is 371 g/mol. The van der Waals surface area contributed by atoms with Crippen molar-refractivity contribution < 1.29 is 9.72 Å². The molecule has 0 bridgehead atoms. The van der Waals surface area contributed by atoms with E-state index in [2.05, 4.69) is 15.3 Å². The predicted octanol–water partition coefficient (Wildman–Crippen LogP) is 2.04. The number of nitrogens with one attached hydrogen (secondary N) is 1. The van der Waals surface area contributed by atoms with E-state index in [0.717, 1.165) is 17.3 Å². The van der Waals surface area contributed by atoms with Crippen LogP contribution in [0.15, 0.2) is 52.5 Å². The Morgan fingerprint density at radius 3 is 2.69 bits per heavy atom. The van der Waals surface area contributed by atoms with Crippen LogP contribution in [0.3, 0.4) is 0 Å². The van der Waals surface area contributed by atoms with Gasteiger partial charge in [-0.3, -0.25) is 19.3 Å². The summed E-state index contributed by atoms with van der Waals surface area (Å²) in [4.78, 5) is 42.2. The Balaban J connectivity index is 1.66. The molecule has 0 aliphatic heterocycles. The van der Waals surface area contributed by atoms with Crippen LogP contribution < -0.4 is 11.0 Å². The molecule has 3 rings (SSSR count). The number of aromatic nitrogens is 3. The number of hydrogen-bond donors (Lipinski definition) is 1. The number of benzene rings is 1. The van der Waals surface area contributed by atoms with Gasteiger partial charge in [0, 0.05) is 24.0 Å². The topological polar surface area (TPSA) is 120 Å². The van der Waals surface area contributed by atoms with E-state index in [1.54, 1.807) is 18.3 Å². The van der Waals surface area contributed by atoms with Crippen molar-refractivity contribution in [3.05, 3.63) is 68.8 Å². The second kappa shape index (κ2) is 7.31. The third-order valence-corrected chi connectivity index (χ3v) is 4.24. The highest BCUT2D eigenvalue weighted by molar-refractivity contribution is 7.99. The van der Waals surface area contributed by atoms with Crippen molar-refractivity contribution in [2.24, 2.45) is 0 Å². The van der Waals surface area contributed by atoms with E-state index >= 15 is 0 Å². The number of rotatable bonds is 5. The fraction of sp³-hybridized carbons (Fsp3) is 0.125. The molecule has 0 aliphatic rings. The summed E-state index contributed by atoms with van der Waals surface area (Å²) in [6.07, 6.45) is 1.60. The van der Waals surface area contributed by atoms with Crippen LogP contribution in [0.1, 0.15) is 5.56 Å². The van der Waals surface area contributed by atoms with Crippen LogP contribution in [-0.2, 0) is 4.79 Å². The van der Waals surface area contributed by atoms with Crippen molar-refractivity contribution in [1.29, 1.82) is 0 Å². The van der Waals surface area contributed by atoms with Crippen LogP contribution in [0.5, 0.6) is 0 Å². The first-order valence-electron chi connectivity index (χ1n) is 7.46.